The SMILES string of the molecule is CN(C)/C=C\C=Nc1nnc2c(c(-c3ccccc3)nn2CCN2CCN(C)CC2)c1Cl. The van der Waals surface area contributed by atoms with Crippen LogP contribution in [0, 0.1) is 0 Å². The highest BCUT2D eigenvalue weighted by atomic mass is 35.5. The molecule has 0 aliphatic carbocycles. The summed E-state index contributed by atoms with van der Waals surface area (Å²) in [4.78, 5) is 11.1. The molecular weight excluding hydrogens is 424 g/mol. The maximum absolute atomic E-state index is 6.80. The number of rotatable bonds is 7. The number of hydrogen-bond acceptors (Lipinski definition) is 7. The fourth-order valence-corrected chi connectivity index (χ4v) is 3.94. The fraction of sp³-hybridized carbons (Fsp3) is 0.391. The van der Waals surface area contributed by atoms with E-state index in [2.05, 4.69) is 32.0 Å². The molecule has 4 rings (SSSR count). The Labute approximate surface area is 193 Å². The second-order valence-electron chi connectivity index (χ2n) is 8.20. The molecule has 0 saturated carbocycles. The van der Waals surface area contributed by atoms with E-state index in [1.807, 2.05) is 66.3 Å². The number of nitrogens with zero attached hydrogens (tertiary/aromatic N) is 8. The number of piperazine rings is 1. The maximum Gasteiger partial charge on any atom is 0.194 e. The van der Waals surface area contributed by atoms with Crippen molar-refractivity contribution in [2.45, 2.75) is 6.54 Å². The van der Waals surface area contributed by atoms with Crippen molar-refractivity contribution < 1.29 is 0 Å². The van der Waals surface area contributed by atoms with Gasteiger partial charge in [-0.05, 0) is 13.1 Å². The lowest BCUT2D eigenvalue weighted by molar-refractivity contribution is 0.149. The lowest BCUT2D eigenvalue weighted by atomic mass is 10.1. The fourth-order valence-electron chi connectivity index (χ4n) is 3.68. The van der Waals surface area contributed by atoms with Gasteiger partial charge in [0.2, 0.25) is 0 Å². The van der Waals surface area contributed by atoms with Gasteiger partial charge in [0.05, 0.1) is 11.9 Å². The largest absolute Gasteiger partial charge is 0.383 e. The van der Waals surface area contributed by atoms with Crippen molar-refractivity contribution in [3.05, 3.63) is 47.6 Å². The average molecular weight is 453 g/mol. The summed E-state index contributed by atoms with van der Waals surface area (Å²) in [6, 6.07) is 10.1. The van der Waals surface area contributed by atoms with Crippen molar-refractivity contribution in [3.8, 4) is 11.3 Å². The topological polar surface area (TPSA) is 65.7 Å². The molecule has 0 atom stereocenters. The molecule has 1 saturated heterocycles. The number of hydrogen-bond donors (Lipinski definition) is 0. The molecular formula is C23H29ClN8. The summed E-state index contributed by atoms with van der Waals surface area (Å²) >= 11 is 6.80. The second-order valence-corrected chi connectivity index (χ2v) is 8.58. The van der Waals surface area contributed by atoms with Crippen molar-refractivity contribution >= 4 is 34.7 Å². The van der Waals surface area contributed by atoms with Gasteiger partial charge in [0.25, 0.3) is 0 Å². The summed E-state index contributed by atoms with van der Waals surface area (Å²) < 4.78 is 1.92. The molecule has 3 heterocycles. The number of likely N-dealkylation sites (N-methyl/N-ethyl adjacent to an activating group) is 1. The molecule has 0 unspecified atom stereocenters. The standard InChI is InChI=1S/C23H29ClN8/c1-29(2)11-7-10-25-22-20(24)19-21(18-8-5-4-6-9-18)28-32(23(19)27-26-22)17-16-31-14-12-30(3)13-15-31/h4-11H,12-17H2,1-3H3/b11-7-,25-10?. The summed E-state index contributed by atoms with van der Waals surface area (Å²) in [6.07, 6.45) is 5.40. The third kappa shape index (κ3) is 5.15. The van der Waals surface area contributed by atoms with Gasteiger partial charge in [-0.15, -0.1) is 10.2 Å². The lowest BCUT2D eigenvalue weighted by Crippen LogP contribution is -2.45. The van der Waals surface area contributed by atoms with Gasteiger partial charge in [-0.2, -0.15) is 5.10 Å². The van der Waals surface area contributed by atoms with Crippen LogP contribution in [0.3, 0.4) is 0 Å². The van der Waals surface area contributed by atoms with Crippen LogP contribution < -0.4 is 0 Å². The first-order valence-corrected chi connectivity index (χ1v) is 11.2. The summed E-state index contributed by atoms with van der Waals surface area (Å²) in [5.41, 5.74) is 2.48. The van der Waals surface area contributed by atoms with Crippen molar-refractivity contribution in [1.82, 2.24) is 34.7 Å². The van der Waals surface area contributed by atoms with Gasteiger partial charge in [-0.3, -0.25) is 4.90 Å². The van der Waals surface area contributed by atoms with E-state index < -0.39 is 0 Å². The van der Waals surface area contributed by atoms with Crippen LogP contribution in [-0.2, 0) is 6.54 Å². The highest BCUT2D eigenvalue weighted by Crippen LogP contribution is 2.36. The molecule has 1 aliphatic rings. The predicted molar refractivity (Wildman–Crippen MR) is 131 cm³/mol. The van der Waals surface area contributed by atoms with Crippen LogP contribution in [0.2, 0.25) is 5.02 Å². The maximum atomic E-state index is 6.80. The van der Waals surface area contributed by atoms with E-state index in [4.69, 9.17) is 16.7 Å². The van der Waals surface area contributed by atoms with E-state index in [1.165, 1.54) is 0 Å². The smallest absolute Gasteiger partial charge is 0.194 e. The van der Waals surface area contributed by atoms with Gasteiger partial charge < -0.3 is 9.80 Å². The molecule has 2 aromatic heterocycles. The quantitative estimate of drug-likeness (QED) is 0.513. The third-order valence-electron chi connectivity index (χ3n) is 5.52. The highest BCUT2D eigenvalue weighted by Gasteiger charge is 2.21. The Balaban J connectivity index is 1.68. The van der Waals surface area contributed by atoms with Gasteiger partial charge in [0, 0.05) is 64.8 Å². The Morgan fingerprint density at radius 2 is 1.81 bits per heavy atom. The van der Waals surface area contributed by atoms with Crippen LogP contribution in [0.5, 0.6) is 0 Å². The van der Waals surface area contributed by atoms with Crippen LogP contribution >= 0.6 is 11.6 Å². The molecule has 1 aliphatic heterocycles. The van der Waals surface area contributed by atoms with E-state index in [1.54, 1.807) is 6.21 Å². The summed E-state index contributed by atoms with van der Waals surface area (Å²) in [5, 5.41) is 14.9. The molecule has 0 N–H and O–H groups in total. The van der Waals surface area contributed by atoms with Gasteiger partial charge in [0.15, 0.2) is 11.5 Å². The first-order chi connectivity index (χ1) is 15.5. The van der Waals surface area contributed by atoms with Crippen LogP contribution in [-0.4, -0.2) is 94.8 Å². The Kier molecular flexibility index (Phi) is 7.14. The Morgan fingerprint density at radius 1 is 1.06 bits per heavy atom. The Bertz CT molecular complexity index is 1100. The van der Waals surface area contributed by atoms with Crippen molar-refractivity contribution in [2.75, 3.05) is 53.9 Å². The summed E-state index contributed by atoms with van der Waals surface area (Å²) in [6.45, 7) is 5.94. The Hall–Kier alpha value is -2.81. The number of halogens is 1. The second kappa shape index (κ2) is 10.2. The van der Waals surface area contributed by atoms with Crippen LogP contribution in [0.4, 0.5) is 5.82 Å². The summed E-state index contributed by atoms with van der Waals surface area (Å²) in [7, 11) is 6.07. The van der Waals surface area contributed by atoms with Gasteiger partial charge in [-0.25, -0.2) is 9.67 Å². The normalized spacial score (nSPS) is 16.0. The van der Waals surface area contributed by atoms with Crippen molar-refractivity contribution in [1.29, 1.82) is 0 Å². The van der Waals surface area contributed by atoms with E-state index in [-0.39, 0.29) is 0 Å². The van der Waals surface area contributed by atoms with E-state index >= 15 is 0 Å². The van der Waals surface area contributed by atoms with Crippen LogP contribution in [0.25, 0.3) is 22.3 Å². The first-order valence-electron chi connectivity index (χ1n) is 10.8. The average Bonchev–Trinajstić information content (AvgIpc) is 3.17. The zero-order valence-corrected chi connectivity index (χ0v) is 19.6. The summed E-state index contributed by atoms with van der Waals surface area (Å²) in [5.74, 6) is 0.387. The minimum Gasteiger partial charge on any atom is -0.383 e. The number of fused-ring (bicyclic) bond motifs is 1. The minimum absolute atomic E-state index is 0.387. The molecule has 168 valence electrons. The zero-order valence-electron chi connectivity index (χ0n) is 18.8. The number of aliphatic imine (C=N–C) groups is 1. The van der Waals surface area contributed by atoms with Crippen LogP contribution in [0.15, 0.2) is 47.6 Å². The van der Waals surface area contributed by atoms with Crippen molar-refractivity contribution in [3.63, 3.8) is 0 Å². The zero-order chi connectivity index (χ0) is 22.5. The molecule has 1 fully saturated rings. The van der Waals surface area contributed by atoms with Gasteiger partial charge >= 0.3 is 0 Å². The number of benzene rings is 1. The molecule has 0 radical (unpaired) electrons. The molecule has 8 nitrogen and oxygen atoms in total. The Morgan fingerprint density at radius 3 is 2.53 bits per heavy atom. The van der Waals surface area contributed by atoms with E-state index in [9.17, 15) is 0 Å². The van der Waals surface area contributed by atoms with E-state index in [0.29, 0.717) is 16.5 Å². The molecule has 0 bridgehead atoms. The molecule has 1 aromatic carbocycles. The van der Waals surface area contributed by atoms with E-state index in [0.717, 1.165) is 55.9 Å². The third-order valence-corrected chi connectivity index (χ3v) is 5.88. The molecule has 0 amide bonds. The predicted octanol–water partition coefficient (Wildman–Crippen LogP) is 3.17. The highest BCUT2D eigenvalue weighted by molar-refractivity contribution is 6.38. The molecule has 32 heavy (non-hydrogen) atoms. The van der Waals surface area contributed by atoms with Crippen LogP contribution in [0.1, 0.15) is 0 Å². The minimum atomic E-state index is 0.387. The first kappa shape index (κ1) is 22.4. The van der Waals surface area contributed by atoms with Gasteiger partial charge in [-0.1, -0.05) is 41.9 Å². The molecule has 3 aromatic rings. The lowest BCUT2D eigenvalue weighted by Gasteiger charge is -2.32. The van der Waals surface area contributed by atoms with Crippen molar-refractivity contribution in [2.24, 2.45) is 4.99 Å². The number of aromatic nitrogens is 4. The monoisotopic (exact) mass is 452 g/mol. The molecule has 0 spiro atoms. The molecule has 9 heteroatoms. The number of allylic oxidation sites excluding steroid dienone is 1. The van der Waals surface area contributed by atoms with Gasteiger partial charge in [0.1, 0.15) is 10.7 Å².